The largest absolute Gasteiger partial charge is 0.480 e. The van der Waals surface area contributed by atoms with Crippen molar-refractivity contribution in [2.75, 3.05) is 0 Å². The van der Waals surface area contributed by atoms with Gasteiger partial charge >= 0.3 is 5.97 Å². The maximum absolute atomic E-state index is 10.3. The summed E-state index contributed by atoms with van der Waals surface area (Å²) in [7, 11) is 1.71. The van der Waals surface area contributed by atoms with Crippen LogP contribution in [0.25, 0.3) is 0 Å². The SMILES string of the molecule is Cl.Cl.Cn1ccc(C(N)C(=O)O)n1. The lowest BCUT2D eigenvalue weighted by Crippen LogP contribution is -2.21. The van der Waals surface area contributed by atoms with Gasteiger partial charge in [-0.05, 0) is 6.07 Å². The van der Waals surface area contributed by atoms with Gasteiger partial charge in [-0.25, -0.2) is 0 Å². The summed E-state index contributed by atoms with van der Waals surface area (Å²) in [4.78, 5) is 10.3. The zero-order valence-electron chi connectivity index (χ0n) is 6.88. The van der Waals surface area contributed by atoms with Gasteiger partial charge in [0.15, 0.2) is 0 Å². The van der Waals surface area contributed by atoms with Gasteiger partial charge in [0.25, 0.3) is 0 Å². The lowest BCUT2D eigenvalue weighted by atomic mass is 10.2. The molecule has 1 aromatic heterocycles. The summed E-state index contributed by atoms with van der Waals surface area (Å²) in [5.41, 5.74) is 5.65. The summed E-state index contributed by atoms with van der Waals surface area (Å²) in [5, 5.41) is 12.3. The van der Waals surface area contributed by atoms with Crippen LogP contribution >= 0.6 is 24.8 Å². The molecule has 0 bridgehead atoms. The highest BCUT2D eigenvalue weighted by molar-refractivity contribution is 5.85. The number of hydrogen-bond acceptors (Lipinski definition) is 3. The molecule has 0 amide bonds. The van der Waals surface area contributed by atoms with Crippen molar-refractivity contribution in [3.63, 3.8) is 0 Å². The van der Waals surface area contributed by atoms with Gasteiger partial charge in [-0.15, -0.1) is 24.8 Å². The summed E-state index contributed by atoms with van der Waals surface area (Å²) in [6.07, 6.45) is 1.65. The molecule has 1 atom stereocenters. The topological polar surface area (TPSA) is 81.1 Å². The monoisotopic (exact) mass is 227 g/mol. The first kappa shape index (κ1) is 14.7. The van der Waals surface area contributed by atoms with Crippen molar-refractivity contribution in [3.05, 3.63) is 18.0 Å². The van der Waals surface area contributed by atoms with E-state index in [9.17, 15) is 4.79 Å². The van der Waals surface area contributed by atoms with Crippen molar-refractivity contribution in [1.29, 1.82) is 0 Å². The quantitative estimate of drug-likeness (QED) is 0.765. The van der Waals surface area contributed by atoms with Crippen LogP contribution < -0.4 is 5.73 Å². The van der Waals surface area contributed by atoms with E-state index in [0.29, 0.717) is 5.69 Å². The predicted octanol–water partition coefficient (Wildman–Crippen LogP) is 0.348. The third kappa shape index (κ3) is 3.63. The van der Waals surface area contributed by atoms with E-state index in [4.69, 9.17) is 10.8 Å². The van der Waals surface area contributed by atoms with Crippen molar-refractivity contribution in [2.24, 2.45) is 12.8 Å². The maximum Gasteiger partial charge on any atom is 0.326 e. The van der Waals surface area contributed by atoms with Crippen LogP contribution in [0.1, 0.15) is 11.7 Å². The Hall–Kier alpha value is -0.780. The number of nitrogens with zero attached hydrogens (tertiary/aromatic N) is 2. The van der Waals surface area contributed by atoms with E-state index in [2.05, 4.69) is 5.10 Å². The third-order valence-electron chi connectivity index (χ3n) is 1.32. The number of carbonyl (C=O) groups is 1. The minimum absolute atomic E-state index is 0. The summed E-state index contributed by atoms with van der Waals surface area (Å²) >= 11 is 0. The number of aromatic nitrogens is 2. The number of aryl methyl sites for hydroxylation is 1. The van der Waals surface area contributed by atoms with E-state index in [1.165, 1.54) is 4.68 Å². The van der Waals surface area contributed by atoms with Gasteiger partial charge in [-0.3, -0.25) is 9.48 Å². The highest BCUT2D eigenvalue weighted by Crippen LogP contribution is 2.05. The van der Waals surface area contributed by atoms with Crippen molar-refractivity contribution < 1.29 is 9.90 Å². The molecule has 1 heterocycles. The Morgan fingerprint density at radius 3 is 2.54 bits per heavy atom. The number of aliphatic carboxylic acids is 1. The summed E-state index contributed by atoms with van der Waals surface area (Å²) in [6, 6.07) is 0.565. The van der Waals surface area contributed by atoms with Crippen LogP contribution in [0.4, 0.5) is 0 Å². The molecule has 1 unspecified atom stereocenters. The molecule has 0 fully saturated rings. The van der Waals surface area contributed by atoms with Gasteiger partial charge in [-0.1, -0.05) is 0 Å². The molecule has 0 saturated carbocycles. The van der Waals surface area contributed by atoms with Crippen LogP contribution in [0, 0.1) is 0 Å². The smallest absolute Gasteiger partial charge is 0.326 e. The molecule has 13 heavy (non-hydrogen) atoms. The molecule has 3 N–H and O–H groups in total. The summed E-state index contributed by atoms with van der Waals surface area (Å²) < 4.78 is 1.51. The molecular formula is C6H11Cl2N3O2. The molecule has 0 aromatic carbocycles. The molecule has 7 heteroatoms. The number of carboxylic acid groups (broad SMARTS) is 1. The Kier molecular flexibility index (Phi) is 6.57. The van der Waals surface area contributed by atoms with Crippen LogP contribution in [-0.2, 0) is 11.8 Å². The Labute approximate surface area is 87.7 Å². The molecule has 0 aliphatic heterocycles. The number of rotatable bonds is 2. The van der Waals surface area contributed by atoms with E-state index < -0.39 is 12.0 Å². The van der Waals surface area contributed by atoms with Gasteiger partial charge in [0.05, 0.1) is 5.69 Å². The van der Waals surface area contributed by atoms with Crippen LogP contribution in [0.5, 0.6) is 0 Å². The normalized spacial score (nSPS) is 10.9. The fraction of sp³-hybridized carbons (Fsp3) is 0.333. The zero-order chi connectivity index (χ0) is 8.43. The zero-order valence-corrected chi connectivity index (χ0v) is 8.51. The lowest BCUT2D eigenvalue weighted by molar-refractivity contribution is -0.138. The molecule has 0 aliphatic carbocycles. The number of nitrogens with two attached hydrogens (primary N) is 1. The first-order chi connectivity index (χ1) is 5.11. The second kappa shape index (κ2) is 5.80. The van der Waals surface area contributed by atoms with Crippen LogP contribution in [0.15, 0.2) is 12.3 Å². The molecule has 0 radical (unpaired) electrons. The third-order valence-corrected chi connectivity index (χ3v) is 1.32. The number of carboxylic acids is 1. The minimum Gasteiger partial charge on any atom is -0.480 e. The molecule has 0 spiro atoms. The molecule has 5 nitrogen and oxygen atoms in total. The Balaban J connectivity index is 0. The predicted molar refractivity (Wildman–Crippen MR) is 52.3 cm³/mol. The fourth-order valence-electron chi connectivity index (χ4n) is 0.725. The average molecular weight is 228 g/mol. The lowest BCUT2D eigenvalue weighted by Gasteiger charge is -1.99. The van der Waals surface area contributed by atoms with Crippen LogP contribution in [0.3, 0.4) is 0 Å². The van der Waals surface area contributed by atoms with E-state index in [0.717, 1.165) is 0 Å². The van der Waals surface area contributed by atoms with E-state index in [-0.39, 0.29) is 24.8 Å². The van der Waals surface area contributed by atoms with Crippen LogP contribution in [0.2, 0.25) is 0 Å². The van der Waals surface area contributed by atoms with E-state index in [1.54, 1.807) is 19.3 Å². The standard InChI is InChI=1S/C6H9N3O2.2ClH/c1-9-3-2-4(8-9)5(7)6(10)11;;/h2-3,5H,7H2,1H3,(H,10,11);2*1H. The Bertz CT molecular complexity index is 277. The van der Waals surface area contributed by atoms with Gasteiger partial charge in [0, 0.05) is 13.2 Å². The Morgan fingerprint density at radius 1 is 1.69 bits per heavy atom. The minimum atomic E-state index is -1.07. The van der Waals surface area contributed by atoms with Crippen LogP contribution in [-0.4, -0.2) is 20.9 Å². The molecule has 1 aromatic rings. The van der Waals surface area contributed by atoms with Gasteiger partial charge < -0.3 is 10.8 Å². The maximum atomic E-state index is 10.3. The molecule has 76 valence electrons. The van der Waals surface area contributed by atoms with Gasteiger partial charge in [0.2, 0.25) is 0 Å². The van der Waals surface area contributed by atoms with Gasteiger partial charge in [0.1, 0.15) is 6.04 Å². The second-order valence-corrected chi connectivity index (χ2v) is 2.23. The number of halogens is 2. The van der Waals surface area contributed by atoms with Crippen molar-refractivity contribution in [3.8, 4) is 0 Å². The average Bonchev–Trinajstić information content (AvgIpc) is 2.34. The number of hydrogen-bond donors (Lipinski definition) is 2. The first-order valence-corrected chi connectivity index (χ1v) is 3.09. The fourth-order valence-corrected chi connectivity index (χ4v) is 0.725. The van der Waals surface area contributed by atoms with E-state index in [1.807, 2.05) is 0 Å². The summed E-state index contributed by atoms with van der Waals surface area (Å²) in [6.45, 7) is 0. The molecular weight excluding hydrogens is 217 g/mol. The molecule has 0 aliphatic rings. The first-order valence-electron chi connectivity index (χ1n) is 3.09. The molecule has 0 saturated heterocycles. The van der Waals surface area contributed by atoms with Crippen molar-refractivity contribution in [2.45, 2.75) is 6.04 Å². The highest BCUT2D eigenvalue weighted by Gasteiger charge is 2.15. The van der Waals surface area contributed by atoms with Crippen molar-refractivity contribution in [1.82, 2.24) is 9.78 Å². The summed E-state index contributed by atoms with van der Waals surface area (Å²) in [5.74, 6) is -1.07. The molecule has 1 rings (SSSR count). The second-order valence-electron chi connectivity index (χ2n) is 2.23. The highest BCUT2D eigenvalue weighted by atomic mass is 35.5. The van der Waals surface area contributed by atoms with Crippen molar-refractivity contribution >= 4 is 30.8 Å². The Morgan fingerprint density at radius 2 is 2.23 bits per heavy atom. The van der Waals surface area contributed by atoms with E-state index >= 15 is 0 Å². The van der Waals surface area contributed by atoms with Gasteiger partial charge in [-0.2, -0.15) is 5.10 Å².